The molecule has 2 heterocycles. The van der Waals surface area contributed by atoms with Gasteiger partial charge in [-0.1, -0.05) is 28.1 Å². The summed E-state index contributed by atoms with van der Waals surface area (Å²) < 4.78 is 26.4. The van der Waals surface area contributed by atoms with Crippen molar-refractivity contribution in [3.63, 3.8) is 0 Å². The maximum absolute atomic E-state index is 13.5. The van der Waals surface area contributed by atoms with Crippen LogP contribution < -0.4 is 9.47 Å². The maximum atomic E-state index is 13.5. The van der Waals surface area contributed by atoms with Gasteiger partial charge >= 0.3 is 0 Å². The molecule has 0 aromatic heterocycles. The Morgan fingerprint density at radius 3 is 2.60 bits per heavy atom. The third-order valence-corrected chi connectivity index (χ3v) is 5.90. The molecule has 0 aliphatic carbocycles. The number of ether oxygens (including phenoxy) is 2. The minimum Gasteiger partial charge on any atom is -0.494 e. The fourth-order valence-electron chi connectivity index (χ4n) is 3.99. The molecule has 2 atom stereocenters. The van der Waals surface area contributed by atoms with Crippen molar-refractivity contribution in [1.82, 2.24) is 5.01 Å². The highest BCUT2D eigenvalue weighted by Gasteiger charge is 2.41. The summed E-state index contributed by atoms with van der Waals surface area (Å²) in [6.45, 7) is 2.61. The van der Waals surface area contributed by atoms with Crippen LogP contribution in [0.1, 0.15) is 42.3 Å². The van der Waals surface area contributed by atoms with Crippen LogP contribution in [0.15, 0.2) is 76.3 Å². The molecule has 152 valence electrons. The van der Waals surface area contributed by atoms with E-state index in [4.69, 9.17) is 14.6 Å². The number of nitrogens with zero attached hydrogens (tertiary/aromatic N) is 2. The first-order valence-electron chi connectivity index (χ1n) is 9.93. The Kier molecular flexibility index (Phi) is 4.95. The van der Waals surface area contributed by atoms with Gasteiger partial charge in [0.05, 0.1) is 18.4 Å². The molecule has 3 aromatic carbocycles. The van der Waals surface area contributed by atoms with Crippen molar-refractivity contribution in [3.05, 3.63) is 93.7 Å². The van der Waals surface area contributed by atoms with Crippen molar-refractivity contribution in [1.29, 1.82) is 0 Å². The molecule has 0 radical (unpaired) electrons. The number of hydrazone groups is 1. The van der Waals surface area contributed by atoms with E-state index in [0.29, 0.717) is 6.61 Å². The average Bonchev–Trinajstić information content (AvgIpc) is 3.21. The van der Waals surface area contributed by atoms with Crippen molar-refractivity contribution in [2.75, 3.05) is 6.61 Å². The third kappa shape index (κ3) is 3.45. The van der Waals surface area contributed by atoms with Crippen LogP contribution in [-0.4, -0.2) is 17.3 Å². The fourth-order valence-corrected chi connectivity index (χ4v) is 4.37. The molecule has 2 aliphatic heterocycles. The largest absolute Gasteiger partial charge is 0.494 e. The molecule has 0 saturated carbocycles. The zero-order valence-electron chi connectivity index (χ0n) is 16.4. The molecule has 3 aromatic rings. The Morgan fingerprint density at radius 2 is 1.87 bits per heavy atom. The first-order chi connectivity index (χ1) is 14.6. The van der Waals surface area contributed by atoms with Gasteiger partial charge in [0.2, 0.25) is 6.23 Å². The molecule has 0 fully saturated rings. The summed E-state index contributed by atoms with van der Waals surface area (Å²) in [5.41, 5.74) is 4.01. The summed E-state index contributed by atoms with van der Waals surface area (Å²) >= 11 is 3.57. The van der Waals surface area contributed by atoms with Crippen LogP contribution in [0.3, 0.4) is 0 Å². The van der Waals surface area contributed by atoms with Crippen molar-refractivity contribution >= 4 is 21.6 Å². The Morgan fingerprint density at radius 1 is 1.10 bits per heavy atom. The van der Waals surface area contributed by atoms with Crippen LogP contribution in [-0.2, 0) is 0 Å². The zero-order chi connectivity index (χ0) is 20.7. The van der Waals surface area contributed by atoms with Gasteiger partial charge in [0.15, 0.2) is 0 Å². The Bertz CT molecular complexity index is 1100. The molecule has 2 aliphatic rings. The average molecular weight is 467 g/mol. The normalized spacial score (nSPS) is 19.6. The molecule has 0 saturated heterocycles. The number of hydrogen-bond donors (Lipinski definition) is 0. The lowest BCUT2D eigenvalue weighted by molar-refractivity contribution is -0.0191. The summed E-state index contributed by atoms with van der Waals surface area (Å²) in [5.74, 6) is 1.41. The molecule has 0 amide bonds. The minimum absolute atomic E-state index is 0.0443. The molecular formula is C24H20BrFN2O2. The lowest BCUT2D eigenvalue weighted by Gasteiger charge is -2.38. The van der Waals surface area contributed by atoms with Crippen LogP contribution >= 0.6 is 15.9 Å². The van der Waals surface area contributed by atoms with Crippen molar-refractivity contribution in [3.8, 4) is 11.5 Å². The molecular weight excluding hydrogens is 447 g/mol. The van der Waals surface area contributed by atoms with Crippen LogP contribution in [0.25, 0.3) is 0 Å². The van der Waals surface area contributed by atoms with Gasteiger partial charge in [-0.2, -0.15) is 5.10 Å². The smallest absolute Gasteiger partial charge is 0.213 e. The van der Waals surface area contributed by atoms with Gasteiger partial charge in [0.1, 0.15) is 17.3 Å². The van der Waals surface area contributed by atoms with E-state index in [1.54, 1.807) is 12.1 Å². The van der Waals surface area contributed by atoms with Gasteiger partial charge in [-0.05, 0) is 67.1 Å². The summed E-state index contributed by atoms with van der Waals surface area (Å²) in [4.78, 5) is 0. The monoisotopic (exact) mass is 466 g/mol. The van der Waals surface area contributed by atoms with Gasteiger partial charge in [0.25, 0.3) is 0 Å². The summed E-state index contributed by atoms with van der Waals surface area (Å²) in [5, 5.41) is 6.93. The lowest BCUT2D eigenvalue weighted by atomic mass is 9.96. The fraction of sp³-hybridized carbons (Fsp3) is 0.208. The highest BCUT2D eigenvalue weighted by atomic mass is 79.9. The van der Waals surface area contributed by atoms with Gasteiger partial charge in [-0.3, -0.25) is 0 Å². The van der Waals surface area contributed by atoms with E-state index in [1.165, 1.54) is 12.1 Å². The second-order valence-corrected chi connectivity index (χ2v) is 8.22. The van der Waals surface area contributed by atoms with Gasteiger partial charge in [-0.15, -0.1) is 0 Å². The topological polar surface area (TPSA) is 34.1 Å². The van der Waals surface area contributed by atoms with Gasteiger partial charge in [-0.25, -0.2) is 9.40 Å². The molecule has 5 rings (SSSR count). The van der Waals surface area contributed by atoms with Crippen molar-refractivity contribution < 1.29 is 13.9 Å². The predicted molar refractivity (Wildman–Crippen MR) is 117 cm³/mol. The van der Waals surface area contributed by atoms with Gasteiger partial charge < -0.3 is 9.47 Å². The van der Waals surface area contributed by atoms with E-state index in [-0.39, 0.29) is 11.9 Å². The number of fused-ring (bicyclic) bond motifs is 3. The quantitative estimate of drug-likeness (QED) is 0.456. The molecule has 0 unspecified atom stereocenters. The number of rotatable bonds is 4. The standard InChI is InChI=1S/C24H20BrFN2O2/c1-2-29-19-10-5-15(6-11-19)21-14-22-20-13-17(25)7-12-23(20)30-24(28(22)27-21)16-3-8-18(26)9-4-16/h3-13,22,24H,2,14H2,1H3/t22-,24-/m1/s1. The highest BCUT2D eigenvalue weighted by Crippen LogP contribution is 2.48. The van der Waals surface area contributed by atoms with Crippen molar-refractivity contribution in [2.45, 2.75) is 25.6 Å². The number of hydrogen-bond acceptors (Lipinski definition) is 4. The lowest BCUT2D eigenvalue weighted by Crippen LogP contribution is -2.33. The number of halogens is 2. The van der Waals surface area contributed by atoms with E-state index in [1.807, 2.05) is 48.3 Å². The molecule has 0 N–H and O–H groups in total. The first kappa shape index (κ1) is 19.1. The Balaban J connectivity index is 1.54. The van der Waals surface area contributed by atoms with E-state index in [2.05, 4.69) is 22.0 Å². The SMILES string of the molecule is CCOc1ccc(C2=NN3[C@H](C2)c2cc(Br)ccc2O[C@@H]3c2ccc(F)cc2)cc1. The molecule has 0 bridgehead atoms. The first-order valence-corrected chi connectivity index (χ1v) is 10.7. The number of benzene rings is 3. The second-order valence-electron chi connectivity index (χ2n) is 7.31. The van der Waals surface area contributed by atoms with E-state index in [9.17, 15) is 4.39 Å². The summed E-state index contributed by atoms with van der Waals surface area (Å²) in [6.07, 6.45) is 0.350. The van der Waals surface area contributed by atoms with E-state index in [0.717, 1.165) is 44.8 Å². The van der Waals surface area contributed by atoms with Gasteiger partial charge in [0, 0.05) is 22.0 Å². The van der Waals surface area contributed by atoms with Crippen molar-refractivity contribution in [2.24, 2.45) is 5.10 Å². The molecule has 4 nitrogen and oxygen atoms in total. The predicted octanol–water partition coefficient (Wildman–Crippen LogP) is 6.23. The summed E-state index contributed by atoms with van der Waals surface area (Å²) in [6, 6.07) is 20.5. The maximum Gasteiger partial charge on any atom is 0.213 e. The molecule has 6 heteroatoms. The van der Waals surface area contributed by atoms with Crippen LogP contribution in [0, 0.1) is 5.82 Å². The third-order valence-electron chi connectivity index (χ3n) is 5.41. The molecule has 0 spiro atoms. The highest BCUT2D eigenvalue weighted by molar-refractivity contribution is 9.10. The van der Waals surface area contributed by atoms with Crippen LogP contribution in [0.5, 0.6) is 11.5 Å². The zero-order valence-corrected chi connectivity index (χ0v) is 18.0. The minimum atomic E-state index is -0.413. The Hall–Kier alpha value is -2.86. The van der Waals surface area contributed by atoms with Crippen LogP contribution in [0.2, 0.25) is 0 Å². The second kappa shape index (κ2) is 7.76. The van der Waals surface area contributed by atoms with E-state index < -0.39 is 6.23 Å². The Labute approximate surface area is 183 Å². The van der Waals surface area contributed by atoms with Crippen LogP contribution in [0.4, 0.5) is 4.39 Å². The summed E-state index contributed by atoms with van der Waals surface area (Å²) in [7, 11) is 0. The molecule has 30 heavy (non-hydrogen) atoms. The van der Waals surface area contributed by atoms with E-state index >= 15 is 0 Å².